The number of aliphatic carboxylic acids is 1. The molecule has 2 unspecified atom stereocenters. The number of rotatable bonds is 18. The van der Waals surface area contributed by atoms with Gasteiger partial charge in [-0.1, -0.05) is 103 Å². The van der Waals surface area contributed by atoms with Crippen molar-refractivity contribution >= 4 is 5.97 Å². The van der Waals surface area contributed by atoms with Crippen molar-refractivity contribution in [3.8, 4) is 0 Å². The maximum Gasteiger partial charge on any atom is 0.330 e. The molecule has 3 N–H and O–H groups in total. The van der Waals surface area contributed by atoms with Gasteiger partial charge in [-0.3, -0.25) is 5.32 Å². The molecule has 168 valence electrons. The Kier molecular flexibility index (Phi) is 23.5. The van der Waals surface area contributed by atoms with E-state index in [4.69, 9.17) is 5.11 Å². The number of carboxylic acids is 1. The molecule has 0 aromatic carbocycles. The van der Waals surface area contributed by atoms with E-state index in [-0.39, 0.29) is 11.8 Å². The molecular formula is C24H49NO3. The first-order chi connectivity index (χ1) is 13.3. The van der Waals surface area contributed by atoms with Crippen LogP contribution in [0.1, 0.15) is 124 Å². The molecule has 4 heteroatoms. The molecule has 28 heavy (non-hydrogen) atoms. The number of aliphatic hydroxyl groups is 1. The number of unbranched alkanes of at least 4 members (excludes halogenated alkanes) is 13. The van der Waals surface area contributed by atoms with Gasteiger partial charge in [0, 0.05) is 11.6 Å². The van der Waals surface area contributed by atoms with Crippen molar-refractivity contribution in [3.63, 3.8) is 0 Å². The Morgan fingerprint density at radius 1 is 0.821 bits per heavy atom. The average Bonchev–Trinajstić information content (AvgIpc) is 2.61. The number of carbonyl (C=O) groups is 1. The van der Waals surface area contributed by atoms with Crippen LogP contribution >= 0.6 is 0 Å². The zero-order valence-corrected chi connectivity index (χ0v) is 19.3. The van der Waals surface area contributed by atoms with Crippen molar-refractivity contribution in [2.75, 3.05) is 0 Å². The summed E-state index contributed by atoms with van der Waals surface area (Å²) in [4.78, 5) is 9.60. The minimum Gasteiger partial charge on any atom is -0.478 e. The van der Waals surface area contributed by atoms with E-state index >= 15 is 0 Å². The Morgan fingerprint density at radius 3 is 1.43 bits per heavy atom. The summed E-state index contributed by atoms with van der Waals surface area (Å²) in [5.41, 5.74) is 0.176. The quantitative estimate of drug-likeness (QED) is 0.134. The summed E-state index contributed by atoms with van der Waals surface area (Å²) in [6.45, 7) is 10.8. The Bertz CT molecular complexity index is 344. The largest absolute Gasteiger partial charge is 0.478 e. The van der Waals surface area contributed by atoms with Crippen molar-refractivity contribution < 1.29 is 15.0 Å². The molecule has 0 saturated heterocycles. The molecule has 4 nitrogen and oxygen atoms in total. The third-order valence-corrected chi connectivity index (χ3v) is 4.88. The van der Waals surface area contributed by atoms with Gasteiger partial charge >= 0.3 is 5.97 Å². The molecule has 0 spiro atoms. The van der Waals surface area contributed by atoms with Gasteiger partial charge in [-0.05, 0) is 27.2 Å². The fraction of sp³-hybridized carbons (Fsp3) is 0.875. The average molecular weight is 400 g/mol. The maximum atomic E-state index is 9.60. The van der Waals surface area contributed by atoms with E-state index in [9.17, 15) is 9.90 Å². The standard InChI is InChI=1S/C20H43NO.C4H6O2/c1-4-5-6-7-8-9-10-11-12-13-14-15-16-17-18-19(2)21-20(3)22;1-3(2)4(5)6/h19-22H,4-18H2,1-3H3;1H2,2H3,(H,5,6). The number of hydrogen-bond donors (Lipinski definition) is 3. The van der Waals surface area contributed by atoms with Crippen LogP contribution in [0.15, 0.2) is 12.2 Å². The normalized spacial score (nSPS) is 12.8. The summed E-state index contributed by atoms with van der Waals surface area (Å²) in [7, 11) is 0. The molecule has 0 fully saturated rings. The topological polar surface area (TPSA) is 69.6 Å². The predicted octanol–water partition coefficient (Wildman–Crippen LogP) is 6.82. The van der Waals surface area contributed by atoms with Gasteiger partial charge in [0.1, 0.15) is 6.23 Å². The van der Waals surface area contributed by atoms with Crippen LogP contribution in [0, 0.1) is 0 Å². The summed E-state index contributed by atoms with van der Waals surface area (Å²) < 4.78 is 0. The van der Waals surface area contributed by atoms with Crippen LogP contribution < -0.4 is 5.32 Å². The molecule has 0 saturated carbocycles. The second kappa shape index (κ2) is 22.4. The Morgan fingerprint density at radius 2 is 1.14 bits per heavy atom. The van der Waals surface area contributed by atoms with Crippen molar-refractivity contribution in [2.45, 2.75) is 136 Å². The first-order valence-electron chi connectivity index (χ1n) is 11.6. The Hall–Kier alpha value is -0.870. The van der Waals surface area contributed by atoms with Crippen LogP contribution in [0.2, 0.25) is 0 Å². The van der Waals surface area contributed by atoms with Crippen LogP contribution in [0.5, 0.6) is 0 Å². The predicted molar refractivity (Wildman–Crippen MR) is 122 cm³/mol. The maximum absolute atomic E-state index is 9.60. The minimum absolute atomic E-state index is 0.176. The van der Waals surface area contributed by atoms with Gasteiger partial charge in [-0.2, -0.15) is 0 Å². The second-order valence-corrected chi connectivity index (χ2v) is 8.21. The minimum atomic E-state index is -0.935. The second-order valence-electron chi connectivity index (χ2n) is 8.21. The highest BCUT2D eigenvalue weighted by molar-refractivity contribution is 5.84. The number of carboxylic acid groups (broad SMARTS) is 1. The van der Waals surface area contributed by atoms with Gasteiger partial charge in [-0.15, -0.1) is 0 Å². The first kappa shape index (κ1) is 29.3. The van der Waals surface area contributed by atoms with Gasteiger partial charge < -0.3 is 10.2 Å². The summed E-state index contributed by atoms with van der Waals surface area (Å²) >= 11 is 0. The van der Waals surface area contributed by atoms with Crippen LogP contribution in [0.4, 0.5) is 0 Å². The molecule has 0 aliphatic rings. The van der Waals surface area contributed by atoms with Gasteiger partial charge in [0.25, 0.3) is 0 Å². The zero-order valence-electron chi connectivity index (χ0n) is 19.3. The lowest BCUT2D eigenvalue weighted by molar-refractivity contribution is -0.132. The number of aliphatic hydroxyl groups excluding tert-OH is 1. The lowest BCUT2D eigenvalue weighted by atomic mass is 10.0. The summed E-state index contributed by atoms with van der Waals surface area (Å²) in [6.07, 6.45) is 20.6. The van der Waals surface area contributed by atoms with Gasteiger partial charge in [0.15, 0.2) is 0 Å². The van der Waals surface area contributed by atoms with Crippen LogP contribution in [0.3, 0.4) is 0 Å². The highest BCUT2D eigenvalue weighted by Crippen LogP contribution is 2.13. The van der Waals surface area contributed by atoms with Gasteiger partial charge in [0.2, 0.25) is 0 Å². The zero-order chi connectivity index (χ0) is 21.6. The molecule has 2 atom stereocenters. The molecule has 0 aliphatic heterocycles. The van der Waals surface area contributed by atoms with E-state index in [1.807, 2.05) is 0 Å². The molecule has 0 bridgehead atoms. The number of nitrogens with one attached hydrogen (secondary N) is 1. The van der Waals surface area contributed by atoms with Crippen molar-refractivity contribution in [1.82, 2.24) is 5.32 Å². The van der Waals surface area contributed by atoms with Gasteiger partial charge in [0.05, 0.1) is 0 Å². The van der Waals surface area contributed by atoms with E-state index in [0.29, 0.717) is 6.04 Å². The van der Waals surface area contributed by atoms with Crippen molar-refractivity contribution in [3.05, 3.63) is 12.2 Å². The fourth-order valence-electron chi connectivity index (χ4n) is 3.14. The molecule has 0 rings (SSSR count). The lowest BCUT2D eigenvalue weighted by Crippen LogP contribution is -2.33. The van der Waals surface area contributed by atoms with Crippen LogP contribution in [0.25, 0.3) is 0 Å². The van der Waals surface area contributed by atoms with Crippen molar-refractivity contribution in [1.29, 1.82) is 0 Å². The molecule has 0 aliphatic carbocycles. The van der Waals surface area contributed by atoms with Gasteiger partial charge in [-0.25, -0.2) is 4.79 Å². The Balaban J connectivity index is 0. The smallest absolute Gasteiger partial charge is 0.330 e. The molecule has 0 heterocycles. The number of hydrogen-bond acceptors (Lipinski definition) is 3. The molecular weight excluding hydrogens is 350 g/mol. The summed E-state index contributed by atoms with van der Waals surface area (Å²) in [5, 5.41) is 20.3. The SMILES string of the molecule is C=C(C)C(=O)O.CCCCCCCCCCCCCCCCC(C)NC(C)O. The fourth-order valence-corrected chi connectivity index (χ4v) is 3.14. The molecule has 0 radical (unpaired) electrons. The molecule has 0 aromatic heterocycles. The highest BCUT2D eigenvalue weighted by Gasteiger charge is 2.03. The summed E-state index contributed by atoms with van der Waals surface area (Å²) in [5.74, 6) is -0.935. The third-order valence-electron chi connectivity index (χ3n) is 4.88. The van der Waals surface area contributed by atoms with Crippen LogP contribution in [-0.4, -0.2) is 28.5 Å². The van der Waals surface area contributed by atoms with E-state index < -0.39 is 5.97 Å². The van der Waals surface area contributed by atoms with Crippen molar-refractivity contribution in [2.24, 2.45) is 0 Å². The highest BCUT2D eigenvalue weighted by atomic mass is 16.4. The monoisotopic (exact) mass is 399 g/mol. The van der Waals surface area contributed by atoms with Crippen LogP contribution in [-0.2, 0) is 4.79 Å². The van der Waals surface area contributed by atoms with E-state index in [1.54, 1.807) is 6.92 Å². The lowest BCUT2D eigenvalue weighted by Gasteiger charge is -2.15. The Labute approximate surface area is 175 Å². The molecule has 0 aromatic rings. The van der Waals surface area contributed by atoms with E-state index in [2.05, 4.69) is 25.7 Å². The van der Waals surface area contributed by atoms with E-state index in [0.717, 1.165) is 0 Å². The first-order valence-corrected chi connectivity index (χ1v) is 11.6. The molecule has 0 amide bonds. The van der Waals surface area contributed by atoms with E-state index in [1.165, 1.54) is 103 Å². The third kappa shape index (κ3) is 27.3. The summed E-state index contributed by atoms with van der Waals surface area (Å²) in [6, 6.07) is 0.442.